The van der Waals surface area contributed by atoms with Crippen molar-refractivity contribution < 1.29 is 9.90 Å². The van der Waals surface area contributed by atoms with Gasteiger partial charge in [0.25, 0.3) is 0 Å². The summed E-state index contributed by atoms with van der Waals surface area (Å²) in [4.78, 5) is 21.2. The minimum Gasteiger partial charge on any atom is -0.481 e. The number of carbonyl (C=O) groups is 1. The molecule has 0 saturated heterocycles. The molecule has 2 aromatic rings. The average Bonchev–Trinajstić information content (AvgIpc) is 3.01. The SMILES string of the molecule is Cc1csc(CNc2nc3c(s2)CCCC3C(=O)O)n1. The predicted molar refractivity (Wildman–Crippen MR) is 79.6 cm³/mol. The van der Waals surface area contributed by atoms with Crippen molar-refractivity contribution in [1.82, 2.24) is 9.97 Å². The highest BCUT2D eigenvalue weighted by Crippen LogP contribution is 2.36. The highest BCUT2D eigenvalue weighted by Gasteiger charge is 2.29. The van der Waals surface area contributed by atoms with Gasteiger partial charge in [0.1, 0.15) is 10.9 Å². The zero-order chi connectivity index (χ0) is 14.1. The molecule has 0 spiro atoms. The molecule has 20 heavy (non-hydrogen) atoms. The van der Waals surface area contributed by atoms with Crippen LogP contribution >= 0.6 is 22.7 Å². The first kappa shape index (κ1) is 13.5. The van der Waals surface area contributed by atoms with E-state index >= 15 is 0 Å². The van der Waals surface area contributed by atoms with E-state index in [1.54, 1.807) is 22.7 Å². The second-order valence-corrected chi connectivity index (χ2v) is 6.87. The lowest BCUT2D eigenvalue weighted by atomic mass is 9.91. The van der Waals surface area contributed by atoms with E-state index in [0.717, 1.165) is 39.2 Å². The molecule has 5 nitrogen and oxygen atoms in total. The van der Waals surface area contributed by atoms with Crippen LogP contribution in [-0.4, -0.2) is 21.0 Å². The number of aromatic nitrogens is 2. The number of aliphatic carboxylic acids is 1. The van der Waals surface area contributed by atoms with E-state index in [2.05, 4.69) is 15.3 Å². The summed E-state index contributed by atoms with van der Waals surface area (Å²) in [7, 11) is 0. The number of nitrogens with zero attached hydrogens (tertiary/aromatic N) is 2. The van der Waals surface area contributed by atoms with Crippen LogP contribution in [0, 0.1) is 6.92 Å². The van der Waals surface area contributed by atoms with Gasteiger partial charge in [0, 0.05) is 16.0 Å². The Labute approximate surface area is 124 Å². The van der Waals surface area contributed by atoms with Crippen molar-refractivity contribution in [3.05, 3.63) is 26.7 Å². The van der Waals surface area contributed by atoms with Gasteiger partial charge in [-0.05, 0) is 26.2 Å². The molecular formula is C13H15N3O2S2. The van der Waals surface area contributed by atoms with Crippen molar-refractivity contribution >= 4 is 33.8 Å². The number of aryl methyl sites for hydroxylation is 2. The van der Waals surface area contributed by atoms with Crippen molar-refractivity contribution in [2.75, 3.05) is 5.32 Å². The average molecular weight is 309 g/mol. The zero-order valence-corrected chi connectivity index (χ0v) is 12.7. The number of anilines is 1. The number of fused-ring (bicyclic) bond motifs is 1. The maximum absolute atomic E-state index is 11.2. The molecule has 2 aromatic heterocycles. The van der Waals surface area contributed by atoms with Crippen LogP contribution in [0.3, 0.4) is 0 Å². The van der Waals surface area contributed by atoms with E-state index < -0.39 is 11.9 Å². The lowest BCUT2D eigenvalue weighted by Crippen LogP contribution is -2.17. The fourth-order valence-corrected chi connectivity index (χ4v) is 4.14. The Morgan fingerprint density at radius 1 is 1.55 bits per heavy atom. The molecule has 0 fully saturated rings. The lowest BCUT2D eigenvalue weighted by Gasteiger charge is -2.16. The Balaban J connectivity index is 1.74. The summed E-state index contributed by atoms with van der Waals surface area (Å²) in [6, 6.07) is 0. The third kappa shape index (κ3) is 2.69. The van der Waals surface area contributed by atoms with Gasteiger partial charge in [0.15, 0.2) is 5.13 Å². The number of carboxylic acids is 1. The Morgan fingerprint density at radius 3 is 3.10 bits per heavy atom. The molecule has 0 aromatic carbocycles. The number of hydrogen-bond acceptors (Lipinski definition) is 6. The quantitative estimate of drug-likeness (QED) is 0.908. The highest BCUT2D eigenvalue weighted by molar-refractivity contribution is 7.15. The van der Waals surface area contributed by atoms with Gasteiger partial charge in [-0.3, -0.25) is 4.79 Å². The van der Waals surface area contributed by atoms with Gasteiger partial charge in [-0.1, -0.05) is 0 Å². The highest BCUT2D eigenvalue weighted by atomic mass is 32.1. The van der Waals surface area contributed by atoms with Crippen molar-refractivity contribution in [2.24, 2.45) is 0 Å². The first-order chi connectivity index (χ1) is 9.63. The molecule has 3 rings (SSSR count). The Bertz CT molecular complexity index is 635. The molecule has 0 amide bonds. The summed E-state index contributed by atoms with van der Waals surface area (Å²) >= 11 is 3.19. The molecule has 1 unspecified atom stereocenters. The lowest BCUT2D eigenvalue weighted by molar-refractivity contribution is -0.139. The van der Waals surface area contributed by atoms with E-state index in [1.165, 1.54) is 0 Å². The molecule has 106 valence electrons. The second kappa shape index (κ2) is 5.49. The van der Waals surface area contributed by atoms with Crippen LogP contribution in [0.25, 0.3) is 0 Å². The van der Waals surface area contributed by atoms with Gasteiger partial charge in [0.2, 0.25) is 0 Å². The van der Waals surface area contributed by atoms with Gasteiger partial charge in [-0.2, -0.15) is 0 Å². The number of thiazole rings is 2. The molecule has 1 atom stereocenters. The molecule has 0 radical (unpaired) electrons. The molecule has 2 N–H and O–H groups in total. The number of nitrogens with one attached hydrogen (secondary N) is 1. The van der Waals surface area contributed by atoms with Crippen LogP contribution in [0.1, 0.15) is 40.0 Å². The third-order valence-electron chi connectivity index (χ3n) is 3.31. The van der Waals surface area contributed by atoms with Crippen LogP contribution < -0.4 is 5.32 Å². The van der Waals surface area contributed by atoms with E-state index in [0.29, 0.717) is 13.0 Å². The summed E-state index contributed by atoms with van der Waals surface area (Å²) in [6.07, 6.45) is 2.56. The van der Waals surface area contributed by atoms with Gasteiger partial charge >= 0.3 is 5.97 Å². The summed E-state index contributed by atoms with van der Waals surface area (Å²) in [6.45, 7) is 2.61. The van der Waals surface area contributed by atoms with Crippen LogP contribution in [0.15, 0.2) is 5.38 Å². The molecule has 0 bridgehead atoms. The second-order valence-electron chi connectivity index (χ2n) is 4.85. The van der Waals surface area contributed by atoms with Gasteiger partial charge < -0.3 is 10.4 Å². The maximum Gasteiger partial charge on any atom is 0.312 e. The summed E-state index contributed by atoms with van der Waals surface area (Å²) in [5.74, 6) is -1.20. The Hall–Kier alpha value is -1.47. The van der Waals surface area contributed by atoms with Crippen molar-refractivity contribution in [2.45, 2.75) is 38.6 Å². The van der Waals surface area contributed by atoms with Crippen LogP contribution in [0.5, 0.6) is 0 Å². The van der Waals surface area contributed by atoms with Crippen molar-refractivity contribution in [3.63, 3.8) is 0 Å². The van der Waals surface area contributed by atoms with Gasteiger partial charge in [-0.15, -0.1) is 22.7 Å². The fraction of sp³-hybridized carbons (Fsp3) is 0.462. The summed E-state index contributed by atoms with van der Waals surface area (Å²) in [5, 5.41) is 16.3. The normalized spacial score (nSPS) is 17.8. The van der Waals surface area contributed by atoms with Crippen LogP contribution in [0.2, 0.25) is 0 Å². The number of rotatable bonds is 4. The molecule has 1 aliphatic carbocycles. The molecule has 0 aliphatic heterocycles. The maximum atomic E-state index is 11.2. The molecule has 0 saturated carbocycles. The van der Waals surface area contributed by atoms with E-state index in [4.69, 9.17) is 0 Å². The fourth-order valence-electron chi connectivity index (χ4n) is 2.37. The topological polar surface area (TPSA) is 75.1 Å². The van der Waals surface area contributed by atoms with E-state index in [-0.39, 0.29) is 0 Å². The third-order valence-corrected chi connectivity index (χ3v) is 5.37. The minimum absolute atomic E-state index is 0.437. The van der Waals surface area contributed by atoms with Crippen molar-refractivity contribution in [1.29, 1.82) is 0 Å². The number of carboxylic acid groups (broad SMARTS) is 1. The molecule has 7 heteroatoms. The molecular weight excluding hydrogens is 294 g/mol. The summed E-state index contributed by atoms with van der Waals surface area (Å²) in [5.41, 5.74) is 1.78. The van der Waals surface area contributed by atoms with E-state index in [9.17, 15) is 9.90 Å². The Morgan fingerprint density at radius 2 is 2.40 bits per heavy atom. The molecule has 1 aliphatic rings. The van der Waals surface area contributed by atoms with Gasteiger partial charge in [-0.25, -0.2) is 9.97 Å². The molecule has 2 heterocycles. The van der Waals surface area contributed by atoms with Crippen molar-refractivity contribution in [3.8, 4) is 0 Å². The minimum atomic E-state index is -0.765. The Kier molecular flexibility index (Phi) is 3.71. The van der Waals surface area contributed by atoms with Gasteiger partial charge in [0.05, 0.1) is 12.2 Å². The van der Waals surface area contributed by atoms with E-state index in [1.807, 2.05) is 12.3 Å². The largest absolute Gasteiger partial charge is 0.481 e. The number of hydrogen-bond donors (Lipinski definition) is 2. The first-order valence-electron chi connectivity index (χ1n) is 6.51. The monoisotopic (exact) mass is 309 g/mol. The smallest absolute Gasteiger partial charge is 0.312 e. The van der Waals surface area contributed by atoms with Crippen LogP contribution in [0.4, 0.5) is 5.13 Å². The first-order valence-corrected chi connectivity index (χ1v) is 8.20. The summed E-state index contributed by atoms with van der Waals surface area (Å²) < 4.78 is 0. The zero-order valence-electron chi connectivity index (χ0n) is 11.0. The predicted octanol–water partition coefficient (Wildman–Crippen LogP) is 3.02. The standard InChI is InChI=1S/C13H15N3O2S2/c1-7-6-19-10(15-7)5-14-13-16-11-8(12(17)18)3-2-4-9(11)20-13/h6,8H,2-5H2,1H3,(H,14,16)(H,17,18). The van der Waals surface area contributed by atoms with Crippen LogP contribution in [-0.2, 0) is 17.8 Å².